The molecule has 0 spiro atoms. The van der Waals surface area contributed by atoms with E-state index in [9.17, 15) is 19.7 Å². The van der Waals surface area contributed by atoms with Gasteiger partial charge in [-0.3, -0.25) is 19.7 Å². The summed E-state index contributed by atoms with van der Waals surface area (Å²) in [5.74, 6) is 0.685. The Morgan fingerprint density at radius 3 is 2.58 bits per heavy atom. The summed E-state index contributed by atoms with van der Waals surface area (Å²) in [6, 6.07) is 6.55. The van der Waals surface area contributed by atoms with E-state index in [2.05, 4.69) is 12.2 Å². The average molecular weight is 360 g/mol. The summed E-state index contributed by atoms with van der Waals surface area (Å²) in [5, 5.41) is 13.7. The topological polar surface area (TPSA) is 95.8 Å². The van der Waals surface area contributed by atoms with Crippen molar-refractivity contribution in [1.82, 2.24) is 10.2 Å². The molecule has 0 unspecified atom stereocenters. The number of nitrogens with one attached hydrogen (secondary N) is 1. The van der Waals surface area contributed by atoms with Gasteiger partial charge in [-0.15, -0.1) is 0 Å². The fourth-order valence-corrected chi connectivity index (χ4v) is 3.29. The highest BCUT2D eigenvalue weighted by Crippen LogP contribution is 2.37. The third kappa shape index (κ3) is 4.30. The number of piperazine rings is 1. The number of nitrogens with zero attached hydrogens (tertiary/aromatic N) is 3. The van der Waals surface area contributed by atoms with Gasteiger partial charge in [0, 0.05) is 62.9 Å². The Hall–Kier alpha value is -2.64. The minimum absolute atomic E-state index is 0.0350. The fraction of sp³-hybridized carbons (Fsp3) is 0.556. The number of carbonyl (C=O) groups is 2. The van der Waals surface area contributed by atoms with Crippen molar-refractivity contribution in [3.05, 3.63) is 34.4 Å². The van der Waals surface area contributed by atoms with Crippen LogP contribution in [0, 0.1) is 22.0 Å². The van der Waals surface area contributed by atoms with Gasteiger partial charge < -0.3 is 15.1 Å². The second-order valence-electron chi connectivity index (χ2n) is 7.01. The lowest BCUT2D eigenvalue weighted by Crippen LogP contribution is -2.49. The second-order valence-corrected chi connectivity index (χ2v) is 7.01. The first-order chi connectivity index (χ1) is 12.5. The number of hydrogen-bond acceptors (Lipinski definition) is 5. The molecule has 1 saturated carbocycles. The summed E-state index contributed by atoms with van der Waals surface area (Å²) in [6.45, 7) is 4.87. The van der Waals surface area contributed by atoms with Crippen LogP contribution in [-0.4, -0.2) is 54.4 Å². The lowest BCUT2D eigenvalue weighted by Gasteiger charge is -2.36. The first-order valence-corrected chi connectivity index (χ1v) is 9.00. The maximum absolute atomic E-state index is 12.3. The number of hydrogen-bond donors (Lipinski definition) is 1. The van der Waals surface area contributed by atoms with Crippen LogP contribution < -0.4 is 10.2 Å². The molecule has 2 atom stereocenters. The molecule has 1 aliphatic heterocycles. The Labute approximate surface area is 152 Å². The molecular weight excluding hydrogens is 336 g/mol. The molecule has 1 N–H and O–H groups in total. The lowest BCUT2D eigenvalue weighted by molar-refractivity contribution is -0.384. The molecule has 2 aliphatic rings. The van der Waals surface area contributed by atoms with Crippen LogP contribution in [0.4, 0.5) is 11.4 Å². The van der Waals surface area contributed by atoms with Gasteiger partial charge in [-0.1, -0.05) is 13.0 Å². The Morgan fingerprint density at radius 1 is 1.27 bits per heavy atom. The van der Waals surface area contributed by atoms with E-state index in [4.69, 9.17) is 0 Å². The van der Waals surface area contributed by atoms with E-state index >= 15 is 0 Å². The van der Waals surface area contributed by atoms with Crippen molar-refractivity contribution >= 4 is 23.2 Å². The smallest absolute Gasteiger partial charge is 0.271 e. The number of carbonyl (C=O) groups excluding carboxylic acids is 2. The van der Waals surface area contributed by atoms with Gasteiger partial charge >= 0.3 is 0 Å². The molecule has 1 aromatic carbocycles. The molecule has 1 saturated heterocycles. The number of anilines is 1. The largest absolute Gasteiger partial charge is 0.368 e. The van der Waals surface area contributed by atoms with E-state index < -0.39 is 4.92 Å². The number of nitro groups is 1. The maximum Gasteiger partial charge on any atom is 0.271 e. The predicted molar refractivity (Wildman–Crippen MR) is 96.8 cm³/mol. The molecule has 2 fully saturated rings. The number of nitro benzene ring substituents is 1. The zero-order chi connectivity index (χ0) is 18.7. The monoisotopic (exact) mass is 360 g/mol. The highest BCUT2D eigenvalue weighted by molar-refractivity contribution is 5.82. The summed E-state index contributed by atoms with van der Waals surface area (Å²) in [7, 11) is 0. The van der Waals surface area contributed by atoms with Crippen molar-refractivity contribution in [2.24, 2.45) is 11.8 Å². The van der Waals surface area contributed by atoms with Gasteiger partial charge in [-0.05, 0) is 18.4 Å². The summed E-state index contributed by atoms with van der Waals surface area (Å²) < 4.78 is 0. The molecule has 8 nitrogen and oxygen atoms in total. The average Bonchev–Trinajstić information content (AvgIpc) is 3.38. The lowest BCUT2D eigenvalue weighted by atomic mass is 10.2. The summed E-state index contributed by atoms with van der Waals surface area (Å²) in [6.07, 6.45) is 1.25. The van der Waals surface area contributed by atoms with Crippen LogP contribution in [0.1, 0.15) is 19.8 Å². The Morgan fingerprint density at radius 2 is 1.96 bits per heavy atom. The molecule has 1 aromatic rings. The van der Waals surface area contributed by atoms with E-state index in [-0.39, 0.29) is 23.4 Å². The SMILES string of the molecule is C[C@@H]1C[C@@H]1C(=O)NCCC(=O)N1CCN(c2cccc([N+](=O)[O-])c2)CC1. The normalized spacial score (nSPS) is 22.0. The first kappa shape index (κ1) is 18.2. The number of amides is 2. The molecule has 1 heterocycles. The van der Waals surface area contributed by atoms with Crippen molar-refractivity contribution < 1.29 is 14.5 Å². The molecule has 1 aliphatic carbocycles. The van der Waals surface area contributed by atoms with Crippen LogP contribution in [0.5, 0.6) is 0 Å². The second kappa shape index (κ2) is 7.72. The van der Waals surface area contributed by atoms with Gasteiger partial charge in [0.2, 0.25) is 11.8 Å². The molecule has 26 heavy (non-hydrogen) atoms. The van der Waals surface area contributed by atoms with E-state index in [1.54, 1.807) is 17.0 Å². The maximum atomic E-state index is 12.3. The van der Waals surface area contributed by atoms with E-state index in [1.807, 2.05) is 11.0 Å². The molecule has 8 heteroatoms. The van der Waals surface area contributed by atoms with E-state index in [0.29, 0.717) is 45.1 Å². The Bertz CT molecular complexity index is 700. The number of benzene rings is 1. The van der Waals surface area contributed by atoms with Gasteiger partial charge in [0.1, 0.15) is 0 Å². The summed E-state index contributed by atoms with van der Waals surface area (Å²) in [4.78, 5) is 38.4. The van der Waals surface area contributed by atoms with Crippen LogP contribution in [0.3, 0.4) is 0 Å². The van der Waals surface area contributed by atoms with Gasteiger partial charge in [-0.2, -0.15) is 0 Å². The minimum atomic E-state index is -0.403. The van der Waals surface area contributed by atoms with E-state index in [0.717, 1.165) is 12.1 Å². The van der Waals surface area contributed by atoms with Crippen molar-refractivity contribution in [3.8, 4) is 0 Å². The third-order valence-electron chi connectivity index (χ3n) is 5.12. The molecule has 2 amide bonds. The molecular formula is C18H24N4O4. The minimum Gasteiger partial charge on any atom is -0.368 e. The standard InChI is InChI=1S/C18H24N4O4/c1-13-11-16(13)18(24)19-6-5-17(23)21-9-7-20(8-10-21)14-3-2-4-15(12-14)22(25)26/h2-4,12-13,16H,5-11H2,1H3,(H,19,24)/t13-,16+/m1/s1. The highest BCUT2D eigenvalue weighted by atomic mass is 16.6. The molecule has 3 rings (SSSR count). The van der Waals surface area contributed by atoms with Crippen molar-refractivity contribution in [1.29, 1.82) is 0 Å². The van der Waals surface area contributed by atoms with Crippen LogP contribution >= 0.6 is 0 Å². The quantitative estimate of drug-likeness (QED) is 0.611. The zero-order valence-corrected chi connectivity index (χ0v) is 14.9. The van der Waals surface area contributed by atoms with Gasteiger partial charge in [0.05, 0.1) is 4.92 Å². The first-order valence-electron chi connectivity index (χ1n) is 9.00. The number of non-ortho nitro benzene ring substituents is 1. The van der Waals surface area contributed by atoms with Crippen LogP contribution in [0.15, 0.2) is 24.3 Å². The van der Waals surface area contributed by atoms with Gasteiger partial charge in [0.25, 0.3) is 5.69 Å². The van der Waals surface area contributed by atoms with Crippen molar-refractivity contribution in [2.75, 3.05) is 37.6 Å². The Kier molecular flexibility index (Phi) is 5.39. The van der Waals surface area contributed by atoms with Crippen molar-refractivity contribution in [3.63, 3.8) is 0 Å². The van der Waals surface area contributed by atoms with Crippen LogP contribution in [0.25, 0.3) is 0 Å². The van der Waals surface area contributed by atoms with Gasteiger partial charge in [0.15, 0.2) is 0 Å². The zero-order valence-electron chi connectivity index (χ0n) is 14.9. The van der Waals surface area contributed by atoms with Crippen LogP contribution in [-0.2, 0) is 9.59 Å². The fourth-order valence-electron chi connectivity index (χ4n) is 3.29. The third-order valence-corrected chi connectivity index (χ3v) is 5.12. The summed E-state index contributed by atoms with van der Waals surface area (Å²) >= 11 is 0. The van der Waals surface area contributed by atoms with Gasteiger partial charge in [-0.25, -0.2) is 0 Å². The summed E-state index contributed by atoms with van der Waals surface area (Å²) in [5.41, 5.74) is 0.874. The Balaban J connectivity index is 1.43. The highest BCUT2D eigenvalue weighted by Gasteiger charge is 2.38. The molecule has 0 aromatic heterocycles. The molecule has 140 valence electrons. The molecule has 0 radical (unpaired) electrons. The number of rotatable bonds is 6. The van der Waals surface area contributed by atoms with Crippen LogP contribution in [0.2, 0.25) is 0 Å². The molecule has 0 bridgehead atoms. The predicted octanol–water partition coefficient (Wildman–Crippen LogP) is 1.41. The van der Waals surface area contributed by atoms with Crippen molar-refractivity contribution in [2.45, 2.75) is 19.8 Å². The van der Waals surface area contributed by atoms with E-state index in [1.165, 1.54) is 6.07 Å².